The third-order valence-electron chi connectivity index (χ3n) is 1.99. The monoisotopic (exact) mass is 211 g/mol. The maximum Gasteiger partial charge on any atom is 0.411 e. The van der Waals surface area contributed by atoms with E-state index in [1.54, 1.807) is 18.2 Å². The summed E-state index contributed by atoms with van der Waals surface area (Å²) in [7, 11) is 1.25. The van der Waals surface area contributed by atoms with Crippen molar-refractivity contribution in [1.29, 1.82) is 0 Å². The quantitative estimate of drug-likeness (QED) is 0.692. The van der Waals surface area contributed by atoms with Gasteiger partial charge in [-0.15, -0.1) is 0 Å². The Hall–Kier alpha value is -1.59. The summed E-state index contributed by atoms with van der Waals surface area (Å²) >= 11 is 0. The van der Waals surface area contributed by atoms with E-state index in [2.05, 4.69) is 10.1 Å². The number of aliphatic hydroxyl groups excluding tert-OH is 2. The molecule has 0 saturated carbocycles. The number of hydrogen-bond donors (Lipinski definition) is 3. The molecule has 0 bridgehead atoms. The van der Waals surface area contributed by atoms with Crippen LogP contribution in [0.15, 0.2) is 18.2 Å². The van der Waals surface area contributed by atoms with Crippen LogP contribution in [0.1, 0.15) is 11.1 Å². The summed E-state index contributed by atoms with van der Waals surface area (Å²) in [5.74, 6) is 0. The molecule has 0 aliphatic heterocycles. The van der Waals surface area contributed by atoms with Crippen LogP contribution in [0.25, 0.3) is 0 Å². The van der Waals surface area contributed by atoms with Gasteiger partial charge in [0.2, 0.25) is 0 Å². The number of nitrogens with one attached hydrogen (secondary N) is 1. The molecule has 1 aromatic carbocycles. The summed E-state index contributed by atoms with van der Waals surface area (Å²) in [5.41, 5.74) is 1.47. The van der Waals surface area contributed by atoms with E-state index in [1.165, 1.54) is 7.11 Å². The lowest BCUT2D eigenvalue weighted by Crippen LogP contribution is -2.14. The van der Waals surface area contributed by atoms with E-state index in [-0.39, 0.29) is 13.2 Å². The topological polar surface area (TPSA) is 78.8 Å². The Bertz CT molecular complexity index is 329. The molecule has 0 spiro atoms. The Kier molecular flexibility index (Phi) is 4.08. The molecular formula is C10H13NO4. The predicted molar refractivity (Wildman–Crippen MR) is 54.3 cm³/mol. The lowest BCUT2D eigenvalue weighted by Gasteiger charge is -2.12. The van der Waals surface area contributed by atoms with Gasteiger partial charge in [-0.25, -0.2) is 4.79 Å². The molecule has 0 saturated heterocycles. The number of carbonyl (C=O) groups is 1. The third kappa shape index (κ3) is 2.68. The second-order valence-corrected chi connectivity index (χ2v) is 2.88. The van der Waals surface area contributed by atoms with E-state index < -0.39 is 6.09 Å². The Morgan fingerprint density at radius 2 is 1.87 bits per heavy atom. The molecule has 5 nitrogen and oxygen atoms in total. The van der Waals surface area contributed by atoms with E-state index in [9.17, 15) is 4.79 Å². The second-order valence-electron chi connectivity index (χ2n) is 2.88. The zero-order valence-electron chi connectivity index (χ0n) is 8.36. The SMILES string of the molecule is COC(=O)Nc1c(CO)cccc1CO. The van der Waals surface area contributed by atoms with Gasteiger partial charge in [0.05, 0.1) is 26.0 Å². The molecular weight excluding hydrogens is 198 g/mol. The van der Waals surface area contributed by atoms with Crippen molar-refractivity contribution in [2.75, 3.05) is 12.4 Å². The largest absolute Gasteiger partial charge is 0.453 e. The molecule has 15 heavy (non-hydrogen) atoms. The summed E-state index contributed by atoms with van der Waals surface area (Å²) in [6.07, 6.45) is -0.634. The number of anilines is 1. The van der Waals surface area contributed by atoms with Crippen LogP contribution in [0.4, 0.5) is 10.5 Å². The van der Waals surface area contributed by atoms with Crippen LogP contribution < -0.4 is 5.32 Å². The van der Waals surface area contributed by atoms with E-state index in [0.29, 0.717) is 16.8 Å². The normalized spacial score (nSPS) is 9.80. The molecule has 0 aromatic heterocycles. The Morgan fingerprint density at radius 3 is 2.27 bits per heavy atom. The predicted octanol–water partition coefficient (Wildman–Crippen LogP) is 0.849. The van der Waals surface area contributed by atoms with Gasteiger partial charge in [-0.1, -0.05) is 18.2 Å². The highest BCUT2D eigenvalue weighted by Gasteiger charge is 2.10. The summed E-state index contributed by atoms with van der Waals surface area (Å²) in [6.45, 7) is -0.430. The van der Waals surface area contributed by atoms with E-state index in [1.807, 2.05) is 0 Å². The smallest absolute Gasteiger partial charge is 0.411 e. The number of methoxy groups -OCH3 is 1. The molecule has 5 heteroatoms. The average molecular weight is 211 g/mol. The Labute approximate surface area is 87.3 Å². The molecule has 0 aliphatic carbocycles. The van der Waals surface area contributed by atoms with Crippen LogP contribution in [-0.2, 0) is 18.0 Å². The van der Waals surface area contributed by atoms with Gasteiger partial charge in [0.15, 0.2) is 0 Å². The first-order valence-electron chi connectivity index (χ1n) is 4.40. The van der Waals surface area contributed by atoms with Gasteiger partial charge < -0.3 is 14.9 Å². The van der Waals surface area contributed by atoms with Gasteiger partial charge in [-0.3, -0.25) is 5.32 Å². The Balaban J connectivity index is 3.05. The number of ether oxygens (including phenoxy) is 1. The van der Waals surface area contributed by atoms with Crippen LogP contribution in [0.5, 0.6) is 0 Å². The molecule has 0 fully saturated rings. The van der Waals surface area contributed by atoms with Gasteiger partial charge in [0, 0.05) is 11.1 Å². The van der Waals surface area contributed by atoms with Crippen LogP contribution >= 0.6 is 0 Å². The number of rotatable bonds is 3. The van der Waals surface area contributed by atoms with Crippen LogP contribution in [0.3, 0.4) is 0 Å². The lowest BCUT2D eigenvalue weighted by molar-refractivity contribution is 0.186. The number of para-hydroxylation sites is 1. The van der Waals surface area contributed by atoms with Crippen LogP contribution in [0.2, 0.25) is 0 Å². The maximum absolute atomic E-state index is 11.0. The van der Waals surface area contributed by atoms with Crippen molar-refractivity contribution in [3.8, 4) is 0 Å². The summed E-state index contributed by atoms with van der Waals surface area (Å²) in [4.78, 5) is 11.0. The second kappa shape index (κ2) is 5.33. The fourth-order valence-electron chi connectivity index (χ4n) is 1.23. The minimum atomic E-state index is -0.634. The first-order chi connectivity index (χ1) is 7.22. The van der Waals surface area contributed by atoms with Crippen LogP contribution in [0, 0.1) is 0 Å². The fraction of sp³-hybridized carbons (Fsp3) is 0.300. The van der Waals surface area contributed by atoms with E-state index >= 15 is 0 Å². The summed E-state index contributed by atoms with van der Waals surface area (Å²) < 4.78 is 4.44. The van der Waals surface area contributed by atoms with Crippen LogP contribution in [-0.4, -0.2) is 23.4 Å². The summed E-state index contributed by atoms with van der Waals surface area (Å²) in [6, 6.07) is 5.01. The zero-order valence-corrected chi connectivity index (χ0v) is 8.36. The highest BCUT2D eigenvalue weighted by atomic mass is 16.5. The highest BCUT2D eigenvalue weighted by Crippen LogP contribution is 2.21. The van der Waals surface area contributed by atoms with Crippen molar-refractivity contribution >= 4 is 11.8 Å². The average Bonchev–Trinajstić information content (AvgIpc) is 2.29. The highest BCUT2D eigenvalue weighted by molar-refractivity contribution is 5.86. The van der Waals surface area contributed by atoms with Crippen molar-refractivity contribution in [3.63, 3.8) is 0 Å². The van der Waals surface area contributed by atoms with Gasteiger partial charge in [0.1, 0.15) is 0 Å². The van der Waals surface area contributed by atoms with E-state index in [0.717, 1.165) is 0 Å². The maximum atomic E-state index is 11.0. The molecule has 1 amide bonds. The van der Waals surface area contributed by atoms with Crippen molar-refractivity contribution in [1.82, 2.24) is 0 Å². The Morgan fingerprint density at radius 1 is 1.33 bits per heavy atom. The van der Waals surface area contributed by atoms with Crippen molar-refractivity contribution < 1.29 is 19.7 Å². The molecule has 3 N–H and O–H groups in total. The first kappa shape index (κ1) is 11.5. The fourth-order valence-corrected chi connectivity index (χ4v) is 1.23. The minimum absolute atomic E-state index is 0.215. The van der Waals surface area contributed by atoms with Gasteiger partial charge in [-0.2, -0.15) is 0 Å². The molecule has 1 aromatic rings. The van der Waals surface area contributed by atoms with E-state index in [4.69, 9.17) is 10.2 Å². The molecule has 1 rings (SSSR count). The van der Waals surface area contributed by atoms with Crippen molar-refractivity contribution in [3.05, 3.63) is 29.3 Å². The number of carbonyl (C=O) groups excluding carboxylic acids is 1. The standard InChI is InChI=1S/C10H13NO4/c1-15-10(14)11-9-7(5-12)3-2-4-8(9)6-13/h2-4,12-13H,5-6H2,1H3,(H,11,14). The van der Waals surface area contributed by atoms with Crippen molar-refractivity contribution in [2.45, 2.75) is 13.2 Å². The lowest BCUT2D eigenvalue weighted by atomic mass is 10.1. The van der Waals surface area contributed by atoms with Gasteiger partial charge in [-0.05, 0) is 0 Å². The molecule has 0 aliphatic rings. The third-order valence-corrected chi connectivity index (χ3v) is 1.99. The zero-order chi connectivity index (χ0) is 11.3. The molecule has 0 unspecified atom stereocenters. The summed E-state index contributed by atoms with van der Waals surface area (Å²) in [5, 5.41) is 20.5. The van der Waals surface area contributed by atoms with Gasteiger partial charge >= 0.3 is 6.09 Å². The number of benzene rings is 1. The molecule has 0 radical (unpaired) electrons. The number of amides is 1. The van der Waals surface area contributed by atoms with Gasteiger partial charge in [0.25, 0.3) is 0 Å². The molecule has 0 atom stereocenters. The number of aliphatic hydroxyl groups is 2. The molecule has 82 valence electrons. The molecule has 0 heterocycles. The van der Waals surface area contributed by atoms with Crippen molar-refractivity contribution in [2.24, 2.45) is 0 Å². The first-order valence-corrected chi connectivity index (χ1v) is 4.40. The minimum Gasteiger partial charge on any atom is -0.453 e. The number of hydrogen-bond acceptors (Lipinski definition) is 4.